The molecule has 0 saturated carbocycles. The van der Waals surface area contributed by atoms with Crippen LogP contribution in [0.2, 0.25) is 0 Å². The predicted molar refractivity (Wildman–Crippen MR) is 57.2 cm³/mol. The highest BCUT2D eigenvalue weighted by molar-refractivity contribution is 5.28. The Balaban J connectivity index is 2.89. The maximum atomic E-state index is 9.37. The molecule has 0 amide bonds. The SMILES string of the molecule is CC(C)(C)c1ccc([C@@H](O)CO)cc1. The Morgan fingerprint density at radius 3 is 2.00 bits per heavy atom. The van der Waals surface area contributed by atoms with Gasteiger partial charge >= 0.3 is 0 Å². The average molecular weight is 194 g/mol. The van der Waals surface area contributed by atoms with Crippen molar-refractivity contribution in [3.8, 4) is 0 Å². The first-order chi connectivity index (χ1) is 6.45. The van der Waals surface area contributed by atoms with Gasteiger partial charge in [-0.15, -0.1) is 0 Å². The molecular weight excluding hydrogens is 176 g/mol. The first-order valence-corrected chi connectivity index (χ1v) is 4.84. The van der Waals surface area contributed by atoms with Crippen LogP contribution < -0.4 is 0 Å². The maximum absolute atomic E-state index is 9.37. The summed E-state index contributed by atoms with van der Waals surface area (Å²) in [6.45, 7) is 6.20. The second kappa shape index (κ2) is 4.11. The van der Waals surface area contributed by atoms with Crippen LogP contribution in [0.5, 0.6) is 0 Å². The third kappa shape index (κ3) is 2.56. The van der Waals surface area contributed by atoms with Crippen molar-refractivity contribution in [3.63, 3.8) is 0 Å². The molecule has 78 valence electrons. The van der Waals surface area contributed by atoms with Crippen molar-refractivity contribution in [3.05, 3.63) is 35.4 Å². The standard InChI is InChI=1S/C12H18O2/c1-12(2,3)10-6-4-9(5-7-10)11(14)8-13/h4-7,11,13-14H,8H2,1-3H3/t11-/m0/s1. The Bertz CT molecular complexity index is 282. The molecule has 0 spiro atoms. The molecule has 0 aliphatic carbocycles. The van der Waals surface area contributed by atoms with Crippen molar-refractivity contribution in [1.82, 2.24) is 0 Å². The highest BCUT2D eigenvalue weighted by Gasteiger charge is 2.13. The number of hydrogen-bond donors (Lipinski definition) is 2. The van der Waals surface area contributed by atoms with E-state index in [-0.39, 0.29) is 12.0 Å². The van der Waals surface area contributed by atoms with E-state index in [4.69, 9.17) is 5.11 Å². The summed E-state index contributed by atoms with van der Waals surface area (Å²) in [4.78, 5) is 0. The fourth-order valence-corrected chi connectivity index (χ4v) is 1.31. The third-order valence-electron chi connectivity index (χ3n) is 2.33. The van der Waals surface area contributed by atoms with E-state index in [1.165, 1.54) is 5.56 Å². The summed E-state index contributed by atoms with van der Waals surface area (Å²) >= 11 is 0. The van der Waals surface area contributed by atoms with Crippen LogP contribution in [0, 0.1) is 0 Å². The highest BCUT2D eigenvalue weighted by Crippen LogP contribution is 2.23. The molecule has 1 aromatic carbocycles. The molecule has 2 heteroatoms. The molecule has 0 aliphatic rings. The first-order valence-electron chi connectivity index (χ1n) is 4.84. The van der Waals surface area contributed by atoms with Gasteiger partial charge in [-0.3, -0.25) is 0 Å². The van der Waals surface area contributed by atoms with Gasteiger partial charge in [0.05, 0.1) is 6.61 Å². The van der Waals surface area contributed by atoms with Gasteiger partial charge < -0.3 is 10.2 Å². The molecule has 0 unspecified atom stereocenters. The van der Waals surface area contributed by atoms with Crippen LogP contribution in [0.25, 0.3) is 0 Å². The molecule has 1 atom stereocenters. The van der Waals surface area contributed by atoms with Crippen molar-refractivity contribution in [2.45, 2.75) is 32.3 Å². The van der Waals surface area contributed by atoms with E-state index in [9.17, 15) is 5.11 Å². The summed E-state index contributed by atoms with van der Waals surface area (Å²) in [5.41, 5.74) is 2.12. The lowest BCUT2D eigenvalue weighted by Gasteiger charge is -2.19. The van der Waals surface area contributed by atoms with Crippen LogP contribution in [0.4, 0.5) is 0 Å². The molecule has 0 radical (unpaired) electrons. The number of benzene rings is 1. The second-order valence-corrected chi connectivity index (χ2v) is 4.57. The number of aliphatic hydroxyl groups is 2. The largest absolute Gasteiger partial charge is 0.393 e. The molecule has 1 aromatic rings. The smallest absolute Gasteiger partial charge is 0.102 e. The van der Waals surface area contributed by atoms with E-state index >= 15 is 0 Å². The summed E-state index contributed by atoms with van der Waals surface area (Å²) < 4.78 is 0. The summed E-state index contributed by atoms with van der Waals surface area (Å²) in [5.74, 6) is 0. The molecular formula is C12H18O2. The van der Waals surface area contributed by atoms with Crippen molar-refractivity contribution < 1.29 is 10.2 Å². The Kier molecular flexibility index (Phi) is 3.29. The topological polar surface area (TPSA) is 40.5 Å². The molecule has 0 aromatic heterocycles. The van der Waals surface area contributed by atoms with Crippen LogP contribution in [-0.4, -0.2) is 16.8 Å². The zero-order valence-corrected chi connectivity index (χ0v) is 8.99. The zero-order chi connectivity index (χ0) is 10.8. The second-order valence-electron chi connectivity index (χ2n) is 4.57. The van der Waals surface area contributed by atoms with Crippen LogP contribution in [0.15, 0.2) is 24.3 Å². The lowest BCUT2D eigenvalue weighted by Crippen LogP contribution is -2.11. The Labute approximate surface area is 85.2 Å². The Hall–Kier alpha value is -0.860. The minimum atomic E-state index is -0.760. The van der Waals surface area contributed by atoms with Crippen LogP contribution in [-0.2, 0) is 5.41 Å². The van der Waals surface area contributed by atoms with Gasteiger partial charge in [-0.1, -0.05) is 45.0 Å². The van der Waals surface area contributed by atoms with Gasteiger partial charge in [0.1, 0.15) is 6.10 Å². The van der Waals surface area contributed by atoms with Crippen LogP contribution in [0.3, 0.4) is 0 Å². The molecule has 14 heavy (non-hydrogen) atoms. The lowest BCUT2D eigenvalue weighted by molar-refractivity contribution is 0.0956. The molecule has 0 aliphatic heterocycles. The normalized spacial score (nSPS) is 14.1. The summed E-state index contributed by atoms with van der Waals surface area (Å²) in [6, 6.07) is 7.71. The predicted octanol–water partition coefficient (Wildman–Crippen LogP) is 2.01. The third-order valence-corrected chi connectivity index (χ3v) is 2.33. The Morgan fingerprint density at radius 1 is 1.14 bits per heavy atom. The van der Waals surface area contributed by atoms with Gasteiger partial charge in [0.2, 0.25) is 0 Å². The van der Waals surface area contributed by atoms with E-state index in [1.54, 1.807) is 0 Å². The van der Waals surface area contributed by atoms with Gasteiger partial charge in [0, 0.05) is 0 Å². The molecule has 0 bridgehead atoms. The highest BCUT2D eigenvalue weighted by atomic mass is 16.3. The fourth-order valence-electron chi connectivity index (χ4n) is 1.31. The van der Waals surface area contributed by atoms with Gasteiger partial charge in [-0.05, 0) is 16.5 Å². The van der Waals surface area contributed by atoms with E-state index in [2.05, 4.69) is 20.8 Å². The quantitative estimate of drug-likeness (QED) is 0.756. The van der Waals surface area contributed by atoms with Crippen LogP contribution in [0.1, 0.15) is 38.0 Å². The van der Waals surface area contributed by atoms with Crippen LogP contribution >= 0.6 is 0 Å². The van der Waals surface area contributed by atoms with Crippen molar-refractivity contribution in [1.29, 1.82) is 0 Å². The average Bonchev–Trinajstić information content (AvgIpc) is 2.15. The van der Waals surface area contributed by atoms with E-state index in [0.29, 0.717) is 0 Å². The summed E-state index contributed by atoms with van der Waals surface area (Å²) in [7, 11) is 0. The van der Waals surface area contributed by atoms with E-state index < -0.39 is 6.10 Å². The lowest BCUT2D eigenvalue weighted by atomic mass is 9.86. The van der Waals surface area contributed by atoms with Crippen molar-refractivity contribution in [2.75, 3.05) is 6.61 Å². The molecule has 0 fully saturated rings. The summed E-state index contributed by atoms with van der Waals surface area (Å²) in [6.07, 6.45) is -0.760. The molecule has 0 saturated heterocycles. The zero-order valence-electron chi connectivity index (χ0n) is 8.99. The number of rotatable bonds is 2. The Morgan fingerprint density at radius 2 is 1.64 bits per heavy atom. The van der Waals surface area contributed by atoms with Gasteiger partial charge in [0.25, 0.3) is 0 Å². The monoisotopic (exact) mass is 194 g/mol. The molecule has 1 rings (SSSR count). The van der Waals surface area contributed by atoms with Crippen molar-refractivity contribution in [2.24, 2.45) is 0 Å². The minimum Gasteiger partial charge on any atom is -0.393 e. The number of aliphatic hydroxyl groups excluding tert-OH is 2. The van der Waals surface area contributed by atoms with E-state index in [1.807, 2.05) is 24.3 Å². The van der Waals surface area contributed by atoms with E-state index in [0.717, 1.165) is 5.56 Å². The molecule has 0 heterocycles. The van der Waals surface area contributed by atoms with Gasteiger partial charge in [-0.25, -0.2) is 0 Å². The molecule has 2 N–H and O–H groups in total. The van der Waals surface area contributed by atoms with Gasteiger partial charge in [-0.2, -0.15) is 0 Å². The fraction of sp³-hybridized carbons (Fsp3) is 0.500. The van der Waals surface area contributed by atoms with Crippen molar-refractivity contribution >= 4 is 0 Å². The molecule has 2 nitrogen and oxygen atoms in total. The summed E-state index contributed by atoms with van der Waals surface area (Å²) in [5, 5.41) is 18.1. The first kappa shape index (κ1) is 11.2. The number of hydrogen-bond acceptors (Lipinski definition) is 2. The minimum absolute atomic E-state index is 0.128. The van der Waals surface area contributed by atoms with Gasteiger partial charge in [0.15, 0.2) is 0 Å². The maximum Gasteiger partial charge on any atom is 0.102 e.